The number of hydrogen-bond donors (Lipinski definition) is 1. The van der Waals surface area contributed by atoms with Crippen molar-refractivity contribution in [3.05, 3.63) is 52.6 Å². The van der Waals surface area contributed by atoms with Crippen molar-refractivity contribution in [1.29, 1.82) is 0 Å². The summed E-state index contributed by atoms with van der Waals surface area (Å²) in [7, 11) is 4.21. The quantitative estimate of drug-likeness (QED) is 0.843. The summed E-state index contributed by atoms with van der Waals surface area (Å²) in [6.07, 6.45) is 0. The molecule has 1 amide bonds. The second-order valence-electron chi connectivity index (χ2n) is 5.50. The van der Waals surface area contributed by atoms with E-state index in [2.05, 4.69) is 5.32 Å². The van der Waals surface area contributed by atoms with Crippen LogP contribution in [0, 0.1) is 13.8 Å². The highest BCUT2D eigenvalue weighted by Crippen LogP contribution is 2.34. The van der Waals surface area contributed by atoms with Gasteiger partial charge in [0.2, 0.25) is 0 Å². The Hall–Kier alpha value is -3.02. The van der Waals surface area contributed by atoms with Gasteiger partial charge in [-0.1, -0.05) is 6.07 Å². The molecule has 25 heavy (non-hydrogen) atoms. The number of carbonyl (C=O) groups is 2. The van der Waals surface area contributed by atoms with Crippen molar-refractivity contribution in [1.82, 2.24) is 0 Å². The molecular formula is C19H21NO5. The number of esters is 1. The molecule has 132 valence electrons. The molecule has 1 N–H and O–H groups in total. The van der Waals surface area contributed by atoms with Crippen LogP contribution in [0.25, 0.3) is 0 Å². The summed E-state index contributed by atoms with van der Waals surface area (Å²) in [5.41, 5.74) is 3.06. The molecule has 0 radical (unpaired) electrons. The molecule has 0 aliphatic rings. The van der Waals surface area contributed by atoms with E-state index in [1.807, 2.05) is 19.9 Å². The number of amides is 1. The first kappa shape index (κ1) is 18.3. The van der Waals surface area contributed by atoms with E-state index in [0.717, 1.165) is 11.1 Å². The van der Waals surface area contributed by atoms with E-state index >= 15 is 0 Å². The van der Waals surface area contributed by atoms with Crippen molar-refractivity contribution >= 4 is 17.6 Å². The lowest BCUT2D eigenvalue weighted by molar-refractivity contribution is 0.0601. The van der Waals surface area contributed by atoms with Crippen LogP contribution in [0.15, 0.2) is 30.3 Å². The third-order valence-corrected chi connectivity index (χ3v) is 3.95. The van der Waals surface area contributed by atoms with E-state index in [4.69, 9.17) is 14.2 Å². The minimum atomic E-state index is -0.587. The lowest BCUT2D eigenvalue weighted by atomic mass is 10.1. The Morgan fingerprint density at radius 1 is 0.880 bits per heavy atom. The van der Waals surface area contributed by atoms with Gasteiger partial charge in [0.15, 0.2) is 11.5 Å². The Morgan fingerprint density at radius 3 is 2.08 bits per heavy atom. The van der Waals surface area contributed by atoms with Crippen LogP contribution < -0.4 is 14.8 Å². The molecular weight excluding hydrogens is 322 g/mol. The SMILES string of the molecule is COC(=O)c1cc(OC)c(OC)cc1NC(=O)c1ccc(C)c(C)c1. The van der Waals surface area contributed by atoms with Gasteiger partial charge in [-0.25, -0.2) is 4.79 Å². The number of rotatable bonds is 5. The number of anilines is 1. The number of carbonyl (C=O) groups excluding carboxylic acids is 2. The van der Waals surface area contributed by atoms with Crippen molar-refractivity contribution in [3.63, 3.8) is 0 Å². The number of hydrogen-bond acceptors (Lipinski definition) is 5. The fourth-order valence-electron chi connectivity index (χ4n) is 2.34. The molecule has 0 fully saturated rings. The predicted octanol–water partition coefficient (Wildman–Crippen LogP) is 3.36. The maximum atomic E-state index is 12.6. The van der Waals surface area contributed by atoms with E-state index in [9.17, 15) is 9.59 Å². The Bertz CT molecular complexity index is 814. The summed E-state index contributed by atoms with van der Waals surface area (Å²) in [5, 5.41) is 2.74. The van der Waals surface area contributed by atoms with Gasteiger partial charge in [-0.2, -0.15) is 0 Å². The normalized spacial score (nSPS) is 10.1. The van der Waals surface area contributed by atoms with Crippen LogP contribution in [0.5, 0.6) is 11.5 Å². The number of methoxy groups -OCH3 is 3. The second kappa shape index (κ2) is 7.70. The van der Waals surface area contributed by atoms with Crippen molar-refractivity contribution in [2.75, 3.05) is 26.6 Å². The minimum absolute atomic E-state index is 0.178. The predicted molar refractivity (Wildman–Crippen MR) is 94.8 cm³/mol. The van der Waals surface area contributed by atoms with Gasteiger partial charge in [-0.15, -0.1) is 0 Å². The largest absolute Gasteiger partial charge is 0.493 e. The van der Waals surface area contributed by atoms with Gasteiger partial charge in [-0.05, 0) is 37.1 Å². The second-order valence-corrected chi connectivity index (χ2v) is 5.50. The minimum Gasteiger partial charge on any atom is -0.493 e. The fraction of sp³-hybridized carbons (Fsp3) is 0.263. The van der Waals surface area contributed by atoms with Gasteiger partial charge in [0.1, 0.15) is 0 Å². The summed E-state index contributed by atoms with van der Waals surface area (Å²) in [6, 6.07) is 8.41. The highest BCUT2D eigenvalue weighted by atomic mass is 16.5. The van der Waals surface area contributed by atoms with Crippen LogP contribution in [0.1, 0.15) is 31.8 Å². The first-order valence-electron chi connectivity index (χ1n) is 7.64. The summed E-state index contributed by atoms with van der Waals surface area (Å²) in [5.74, 6) is -0.158. The van der Waals surface area contributed by atoms with Gasteiger partial charge < -0.3 is 19.5 Å². The molecule has 0 bridgehead atoms. The molecule has 0 aliphatic carbocycles. The Kier molecular flexibility index (Phi) is 5.64. The molecule has 2 rings (SSSR count). The zero-order valence-electron chi connectivity index (χ0n) is 14.9. The van der Waals surface area contributed by atoms with Crippen LogP contribution in [-0.2, 0) is 4.74 Å². The molecule has 6 nitrogen and oxygen atoms in total. The molecule has 6 heteroatoms. The molecule has 0 saturated heterocycles. The first-order valence-corrected chi connectivity index (χ1v) is 7.64. The van der Waals surface area contributed by atoms with Crippen LogP contribution in [0.4, 0.5) is 5.69 Å². The maximum absolute atomic E-state index is 12.6. The Labute approximate surface area is 146 Å². The number of benzene rings is 2. The lowest BCUT2D eigenvalue weighted by Gasteiger charge is -2.15. The van der Waals surface area contributed by atoms with Gasteiger partial charge in [0, 0.05) is 17.7 Å². The molecule has 0 aliphatic heterocycles. The van der Waals surface area contributed by atoms with Crippen molar-refractivity contribution in [3.8, 4) is 11.5 Å². The highest BCUT2D eigenvalue weighted by Gasteiger charge is 2.19. The summed E-state index contributed by atoms with van der Waals surface area (Å²) >= 11 is 0. The zero-order valence-corrected chi connectivity index (χ0v) is 14.9. The first-order chi connectivity index (χ1) is 11.9. The van der Waals surface area contributed by atoms with Gasteiger partial charge in [-0.3, -0.25) is 4.79 Å². The average molecular weight is 343 g/mol. The summed E-state index contributed by atoms with van der Waals surface area (Å²) in [6.45, 7) is 3.91. The lowest BCUT2D eigenvalue weighted by Crippen LogP contribution is -2.16. The number of ether oxygens (including phenoxy) is 3. The molecule has 2 aromatic rings. The Morgan fingerprint density at radius 2 is 1.52 bits per heavy atom. The van der Waals surface area contributed by atoms with E-state index in [-0.39, 0.29) is 17.2 Å². The van der Waals surface area contributed by atoms with Crippen LogP contribution in [0.3, 0.4) is 0 Å². The Balaban J connectivity index is 2.44. The molecule has 0 atom stereocenters. The molecule has 0 unspecified atom stereocenters. The van der Waals surface area contributed by atoms with Gasteiger partial charge >= 0.3 is 5.97 Å². The van der Waals surface area contributed by atoms with Crippen LogP contribution >= 0.6 is 0 Å². The van der Waals surface area contributed by atoms with Crippen LogP contribution in [-0.4, -0.2) is 33.2 Å². The third kappa shape index (κ3) is 3.91. The summed E-state index contributed by atoms with van der Waals surface area (Å²) < 4.78 is 15.2. The monoisotopic (exact) mass is 343 g/mol. The maximum Gasteiger partial charge on any atom is 0.340 e. The molecule has 2 aromatic carbocycles. The fourth-order valence-corrected chi connectivity index (χ4v) is 2.34. The highest BCUT2D eigenvalue weighted by molar-refractivity contribution is 6.08. The molecule has 0 spiro atoms. The smallest absolute Gasteiger partial charge is 0.340 e. The average Bonchev–Trinajstić information content (AvgIpc) is 2.62. The molecule has 0 heterocycles. The number of aryl methyl sites for hydroxylation is 2. The van der Waals surface area contributed by atoms with E-state index < -0.39 is 5.97 Å². The number of nitrogens with one attached hydrogen (secondary N) is 1. The van der Waals surface area contributed by atoms with Crippen molar-refractivity contribution in [2.45, 2.75) is 13.8 Å². The topological polar surface area (TPSA) is 73.9 Å². The van der Waals surface area contributed by atoms with Gasteiger partial charge in [0.05, 0.1) is 32.6 Å². The molecule has 0 saturated carbocycles. The van der Waals surface area contributed by atoms with Crippen molar-refractivity contribution in [2.24, 2.45) is 0 Å². The summed E-state index contributed by atoms with van der Waals surface area (Å²) in [4.78, 5) is 24.6. The van der Waals surface area contributed by atoms with E-state index in [1.165, 1.54) is 33.5 Å². The third-order valence-electron chi connectivity index (χ3n) is 3.95. The van der Waals surface area contributed by atoms with Gasteiger partial charge in [0.25, 0.3) is 5.91 Å². The van der Waals surface area contributed by atoms with Crippen molar-refractivity contribution < 1.29 is 23.8 Å². The standard InChI is InChI=1S/C19H21NO5/c1-11-6-7-13(8-12(11)2)18(21)20-15-10-17(24-4)16(23-3)9-14(15)19(22)25-5/h6-10H,1-5H3,(H,20,21). The zero-order chi connectivity index (χ0) is 18.6. The van der Waals surface area contributed by atoms with E-state index in [0.29, 0.717) is 17.1 Å². The van der Waals surface area contributed by atoms with E-state index in [1.54, 1.807) is 12.1 Å². The molecule has 0 aromatic heterocycles. The van der Waals surface area contributed by atoms with Crippen LogP contribution in [0.2, 0.25) is 0 Å².